The van der Waals surface area contributed by atoms with Gasteiger partial charge in [0, 0.05) is 6.04 Å². The van der Waals surface area contributed by atoms with Crippen LogP contribution in [0.2, 0.25) is 0 Å². The number of ether oxygens (including phenoxy) is 1. The molecule has 0 fully saturated rings. The fourth-order valence-electron chi connectivity index (χ4n) is 1.02. The molecule has 1 aromatic rings. The first kappa shape index (κ1) is 11.2. The van der Waals surface area contributed by atoms with Crippen LogP contribution in [0.15, 0.2) is 30.3 Å². The fraction of sp³-hybridized carbons (Fsp3) is 0.455. The van der Waals surface area contributed by atoms with Crippen LogP contribution in [0.25, 0.3) is 0 Å². The van der Waals surface area contributed by atoms with Crippen molar-refractivity contribution in [2.45, 2.75) is 25.7 Å². The van der Waals surface area contributed by atoms with E-state index < -0.39 is 6.10 Å². The molecule has 0 saturated carbocycles. The maximum Gasteiger partial charge on any atom is 0.0921 e. The molecule has 0 saturated heterocycles. The van der Waals surface area contributed by atoms with Gasteiger partial charge in [0.05, 0.1) is 19.3 Å². The van der Waals surface area contributed by atoms with E-state index in [0.29, 0.717) is 6.61 Å². The molecule has 0 heterocycles. The van der Waals surface area contributed by atoms with Gasteiger partial charge in [-0.25, -0.2) is 0 Å². The Bertz CT molecular complexity index is 249. The Morgan fingerprint density at radius 3 is 2.57 bits per heavy atom. The Morgan fingerprint density at radius 1 is 1.36 bits per heavy atom. The molecule has 1 aromatic carbocycles. The molecule has 0 aliphatic rings. The first-order valence-corrected chi connectivity index (χ1v) is 4.75. The molecule has 3 heteroatoms. The number of nitrogens with two attached hydrogens (primary N) is 1. The van der Waals surface area contributed by atoms with Crippen molar-refractivity contribution in [3.05, 3.63) is 35.9 Å². The Hall–Kier alpha value is -0.900. The molecular formula is C11H17NO2. The summed E-state index contributed by atoms with van der Waals surface area (Å²) in [6.45, 7) is 2.56. The molecule has 0 amide bonds. The normalized spacial score (nSPS) is 15.1. The van der Waals surface area contributed by atoms with Crippen LogP contribution in [0.3, 0.4) is 0 Å². The zero-order valence-corrected chi connectivity index (χ0v) is 8.39. The van der Waals surface area contributed by atoms with Crippen LogP contribution < -0.4 is 5.73 Å². The number of hydrogen-bond acceptors (Lipinski definition) is 3. The summed E-state index contributed by atoms with van der Waals surface area (Å²) in [6.07, 6.45) is -0.585. The highest BCUT2D eigenvalue weighted by atomic mass is 16.5. The quantitative estimate of drug-likeness (QED) is 0.734. The van der Waals surface area contributed by atoms with Gasteiger partial charge in [-0.2, -0.15) is 0 Å². The Balaban J connectivity index is 2.22. The van der Waals surface area contributed by atoms with Crippen LogP contribution in [-0.4, -0.2) is 23.9 Å². The van der Waals surface area contributed by atoms with Gasteiger partial charge in [0.15, 0.2) is 0 Å². The minimum Gasteiger partial charge on any atom is -0.389 e. The molecule has 0 aliphatic heterocycles. The Kier molecular flexibility index (Phi) is 4.59. The van der Waals surface area contributed by atoms with Crippen molar-refractivity contribution in [3.63, 3.8) is 0 Å². The molecule has 2 unspecified atom stereocenters. The van der Waals surface area contributed by atoms with Crippen LogP contribution >= 0.6 is 0 Å². The summed E-state index contributed by atoms with van der Waals surface area (Å²) in [5, 5.41) is 9.35. The number of hydrogen-bond donors (Lipinski definition) is 2. The van der Waals surface area contributed by atoms with Gasteiger partial charge in [-0.3, -0.25) is 0 Å². The third-order valence-electron chi connectivity index (χ3n) is 2.01. The highest BCUT2D eigenvalue weighted by Gasteiger charge is 2.08. The molecule has 3 N–H and O–H groups in total. The van der Waals surface area contributed by atoms with E-state index in [0.717, 1.165) is 5.56 Å². The van der Waals surface area contributed by atoms with E-state index in [1.165, 1.54) is 0 Å². The molecule has 1 rings (SSSR count). The van der Waals surface area contributed by atoms with Crippen LogP contribution in [0.4, 0.5) is 0 Å². The molecule has 14 heavy (non-hydrogen) atoms. The smallest absolute Gasteiger partial charge is 0.0921 e. The number of aliphatic hydroxyl groups is 1. The number of benzene rings is 1. The highest BCUT2D eigenvalue weighted by molar-refractivity contribution is 5.13. The lowest BCUT2D eigenvalue weighted by Gasteiger charge is -2.14. The summed E-state index contributed by atoms with van der Waals surface area (Å²) in [6, 6.07) is 9.60. The number of rotatable bonds is 5. The first-order chi connectivity index (χ1) is 6.70. The second-order valence-electron chi connectivity index (χ2n) is 3.43. The summed E-state index contributed by atoms with van der Waals surface area (Å²) in [7, 11) is 0. The van der Waals surface area contributed by atoms with Crippen LogP contribution in [0, 0.1) is 0 Å². The van der Waals surface area contributed by atoms with Crippen molar-refractivity contribution in [2.24, 2.45) is 5.73 Å². The average Bonchev–Trinajstić information content (AvgIpc) is 2.19. The molecule has 2 atom stereocenters. The minimum atomic E-state index is -0.585. The molecular weight excluding hydrogens is 178 g/mol. The monoisotopic (exact) mass is 195 g/mol. The second kappa shape index (κ2) is 5.75. The zero-order chi connectivity index (χ0) is 10.4. The van der Waals surface area contributed by atoms with E-state index in [1.54, 1.807) is 6.92 Å². The molecule has 3 nitrogen and oxygen atoms in total. The first-order valence-electron chi connectivity index (χ1n) is 4.75. The molecule has 0 aliphatic carbocycles. The van der Waals surface area contributed by atoms with Gasteiger partial charge < -0.3 is 15.6 Å². The van der Waals surface area contributed by atoms with Crippen molar-refractivity contribution in [1.29, 1.82) is 0 Å². The van der Waals surface area contributed by atoms with Gasteiger partial charge in [-0.1, -0.05) is 30.3 Å². The van der Waals surface area contributed by atoms with Gasteiger partial charge in [0.25, 0.3) is 0 Å². The Labute approximate surface area is 84.5 Å². The maximum absolute atomic E-state index is 9.35. The van der Waals surface area contributed by atoms with Gasteiger partial charge in [0.2, 0.25) is 0 Å². The minimum absolute atomic E-state index is 0.245. The summed E-state index contributed by atoms with van der Waals surface area (Å²) in [4.78, 5) is 0. The van der Waals surface area contributed by atoms with Crippen LogP contribution in [0.1, 0.15) is 12.5 Å². The number of aliphatic hydroxyl groups excluding tert-OH is 1. The van der Waals surface area contributed by atoms with E-state index in [9.17, 15) is 5.11 Å². The van der Waals surface area contributed by atoms with E-state index in [4.69, 9.17) is 10.5 Å². The summed E-state index contributed by atoms with van der Waals surface area (Å²) < 4.78 is 5.31. The lowest BCUT2D eigenvalue weighted by Crippen LogP contribution is -2.35. The van der Waals surface area contributed by atoms with Gasteiger partial charge >= 0.3 is 0 Å². The van der Waals surface area contributed by atoms with Crippen molar-refractivity contribution < 1.29 is 9.84 Å². The average molecular weight is 195 g/mol. The van der Waals surface area contributed by atoms with E-state index in [2.05, 4.69) is 0 Å². The molecule has 0 aromatic heterocycles. The maximum atomic E-state index is 9.35. The van der Waals surface area contributed by atoms with Crippen LogP contribution in [-0.2, 0) is 11.3 Å². The molecule has 0 bridgehead atoms. The molecule has 78 valence electrons. The van der Waals surface area contributed by atoms with Crippen LogP contribution in [0.5, 0.6) is 0 Å². The summed E-state index contributed by atoms with van der Waals surface area (Å²) in [5.74, 6) is 0. The van der Waals surface area contributed by atoms with Gasteiger partial charge in [-0.05, 0) is 12.5 Å². The summed E-state index contributed by atoms with van der Waals surface area (Å²) in [5.41, 5.74) is 6.59. The van der Waals surface area contributed by atoms with Crippen molar-refractivity contribution in [3.8, 4) is 0 Å². The van der Waals surface area contributed by atoms with Gasteiger partial charge in [0.1, 0.15) is 0 Å². The Morgan fingerprint density at radius 2 is 2.00 bits per heavy atom. The zero-order valence-electron chi connectivity index (χ0n) is 8.39. The predicted molar refractivity (Wildman–Crippen MR) is 55.8 cm³/mol. The third-order valence-corrected chi connectivity index (χ3v) is 2.01. The SMILES string of the molecule is CC(N)C(O)COCc1ccccc1. The highest BCUT2D eigenvalue weighted by Crippen LogP contribution is 2.01. The van der Waals surface area contributed by atoms with E-state index in [-0.39, 0.29) is 12.6 Å². The second-order valence-corrected chi connectivity index (χ2v) is 3.43. The van der Waals surface area contributed by atoms with Crippen molar-refractivity contribution in [2.75, 3.05) is 6.61 Å². The third kappa shape index (κ3) is 3.87. The largest absolute Gasteiger partial charge is 0.389 e. The topological polar surface area (TPSA) is 55.5 Å². The summed E-state index contributed by atoms with van der Waals surface area (Å²) >= 11 is 0. The standard InChI is InChI=1S/C11H17NO2/c1-9(12)11(13)8-14-7-10-5-3-2-4-6-10/h2-6,9,11,13H,7-8,12H2,1H3. The lowest BCUT2D eigenvalue weighted by atomic mass is 10.2. The van der Waals surface area contributed by atoms with Gasteiger partial charge in [-0.15, -0.1) is 0 Å². The van der Waals surface area contributed by atoms with Crippen molar-refractivity contribution >= 4 is 0 Å². The molecule has 0 spiro atoms. The molecule has 0 radical (unpaired) electrons. The predicted octanol–water partition coefficient (Wildman–Crippen LogP) is 0.911. The van der Waals surface area contributed by atoms with Crippen molar-refractivity contribution in [1.82, 2.24) is 0 Å². The lowest BCUT2D eigenvalue weighted by molar-refractivity contribution is 0.0188. The van der Waals surface area contributed by atoms with E-state index >= 15 is 0 Å². The van der Waals surface area contributed by atoms with E-state index in [1.807, 2.05) is 30.3 Å². The fourth-order valence-corrected chi connectivity index (χ4v) is 1.02.